The van der Waals surface area contributed by atoms with Crippen molar-refractivity contribution < 1.29 is 0 Å². The van der Waals surface area contributed by atoms with E-state index in [0.29, 0.717) is 0 Å². The van der Waals surface area contributed by atoms with E-state index in [1.807, 2.05) is 0 Å². The molecule has 0 aliphatic carbocycles. The molecule has 10 aromatic carbocycles. The lowest BCUT2D eigenvalue weighted by atomic mass is 10.0. The Morgan fingerprint density at radius 3 is 1.46 bits per heavy atom. The van der Waals surface area contributed by atoms with Crippen LogP contribution >= 0.6 is 0 Å². The van der Waals surface area contributed by atoms with Crippen molar-refractivity contribution >= 4 is 72.4 Å². The standard InChI is InChI=1S/C60H42N2Si/c1-6-21-43(22-7-1)45-37-39-56-52(41-45)51-32-17-19-34-55(51)61(56)46-38-40-57-53(42-46)60-58(62(57)54-33-18-16-31-50(54)44-23-8-2-9-24-44)35-20-36-59(60)63(47-25-10-3-11-26-47,48-27-12-4-13-28-48)49-29-14-5-15-30-49/h1-42H. The lowest BCUT2D eigenvalue weighted by molar-refractivity contribution is 1.17. The molecule has 0 N–H and O–H groups in total. The van der Waals surface area contributed by atoms with Crippen LogP contribution in [-0.2, 0) is 0 Å². The average Bonchev–Trinajstić information content (AvgIpc) is 3.88. The number of nitrogens with zero attached hydrogens (tertiary/aromatic N) is 2. The molecular weight excluding hydrogens is 777 g/mol. The molecule has 0 bridgehead atoms. The minimum Gasteiger partial charge on any atom is -0.309 e. The van der Waals surface area contributed by atoms with E-state index in [4.69, 9.17) is 0 Å². The van der Waals surface area contributed by atoms with Crippen molar-refractivity contribution in [2.75, 3.05) is 0 Å². The second-order valence-electron chi connectivity index (χ2n) is 16.4. The van der Waals surface area contributed by atoms with Crippen LogP contribution in [0.2, 0.25) is 0 Å². The number of hydrogen-bond acceptors (Lipinski definition) is 0. The fourth-order valence-corrected chi connectivity index (χ4v) is 15.4. The monoisotopic (exact) mass is 818 g/mol. The van der Waals surface area contributed by atoms with E-state index in [-0.39, 0.29) is 0 Å². The molecule has 0 aliphatic heterocycles. The zero-order valence-electron chi connectivity index (χ0n) is 34.6. The molecule has 0 atom stereocenters. The summed E-state index contributed by atoms with van der Waals surface area (Å²) in [6.45, 7) is 0. The van der Waals surface area contributed by atoms with Gasteiger partial charge in [-0.25, -0.2) is 0 Å². The molecule has 3 heteroatoms. The summed E-state index contributed by atoms with van der Waals surface area (Å²) in [5, 5.41) is 10.4. The Morgan fingerprint density at radius 1 is 0.286 bits per heavy atom. The summed E-state index contributed by atoms with van der Waals surface area (Å²) in [6.07, 6.45) is 0. The number of hydrogen-bond donors (Lipinski definition) is 0. The molecule has 0 radical (unpaired) electrons. The summed E-state index contributed by atoms with van der Waals surface area (Å²) in [5.74, 6) is 0. The van der Waals surface area contributed by atoms with Gasteiger partial charge in [0.2, 0.25) is 0 Å². The molecule has 0 saturated carbocycles. The molecule has 2 aromatic heterocycles. The Balaban J connectivity index is 1.23. The van der Waals surface area contributed by atoms with Gasteiger partial charge in [0.25, 0.3) is 0 Å². The topological polar surface area (TPSA) is 9.86 Å². The largest absolute Gasteiger partial charge is 0.309 e. The Bertz CT molecular complexity index is 3500. The molecular formula is C60H42N2Si. The van der Waals surface area contributed by atoms with E-state index in [1.165, 1.54) is 86.6 Å². The maximum Gasteiger partial charge on any atom is 0.180 e. The Kier molecular flexibility index (Phi) is 8.87. The van der Waals surface area contributed by atoms with Gasteiger partial charge in [0.1, 0.15) is 0 Å². The predicted molar refractivity (Wildman–Crippen MR) is 270 cm³/mol. The number of fused-ring (bicyclic) bond motifs is 6. The molecule has 296 valence electrons. The third kappa shape index (κ3) is 5.85. The van der Waals surface area contributed by atoms with Crippen LogP contribution in [0.15, 0.2) is 255 Å². The van der Waals surface area contributed by atoms with Gasteiger partial charge in [-0.1, -0.05) is 206 Å². The molecule has 12 aromatic rings. The summed E-state index contributed by atoms with van der Waals surface area (Å²) >= 11 is 0. The highest BCUT2D eigenvalue weighted by atomic mass is 28.3. The minimum absolute atomic E-state index is 1.14. The summed E-state index contributed by atoms with van der Waals surface area (Å²) in [6, 6.07) is 94.4. The first kappa shape index (κ1) is 36.8. The highest BCUT2D eigenvalue weighted by Gasteiger charge is 2.43. The molecule has 0 fully saturated rings. The van der Waals surface area contributed by atoms with Crippen molar-refractivity contribution in [1.82, 2.24) is 9.13 Å². The number of para-hydroxylation sites is 2. The van der Waals surface area contributed by atoms with Gasteiger partial charge in [-0.15, -0.1) is 0 Å². The van der Waals surface area contributed by atoms with Gasteiger partial charge in [-0.3, -0.25) is 0 Å². The molecule has 2 nitrogen and oxygen atoms in total. The van der Waals surface area contributed by atoms with Crippen molar-refractivity contribution in [1.29, 1.82) is 0 Å². The van der Waals surface area contributed by atoms with Gasteiger partial charge in [-0.2, -0.15) is 0 Å². The molecule has 63 heavy (non-hydrogen) atoms. The van der Waals surface area contributed by atoms with Crippen LogP contribution in [0.4, 0.5) is 0 Å². The minimum atomic E-state index is -2.98. The fraction of sp³-hybridized carbons (Fsp3) is 0. The van der Waals surface area contributed by atoms with E-state index in [1.54, 1.807) is 0 Å². The van der Waals surface area contributed by atoms with Gasteiger partial charge < -0.3 is 9.13 Å². The number of benzene rings is 10. The van der Waals surface area contributed by atoms with Crippen molar-refractivity contribution in [2.45, 2.75) is 0 Å². The number of aromatic nitrogens is 2. The van der Waals surface area contributed by atoms with Gasteiger partial charge in [0.05, 0.1) is 27.8 Å². The van der Waals surface area contributed by atoms with Crippen molar-refractivity contribution in [3.63, 3.8) is 0 Å². The highest BCUT2D eigenvalue weighted by Crippen LogP contribution is 2.40. The number of rotatable bonds is 8. The molecule has 0 amide bonds. The fourth-order valence-electron chi connectivity index (χ4n) is 10.4. The first-order valence-corrected chi connectivity index (χ1v) is 23.8. The quantitative estimate of drug-likeness (QED) is 0.107. The third-order valence-corrected chi connectivity index (χ3v) is 17.9. The molecule has 0 aliphatic rings. The van der Waals surface area contributed by atoms with Gasteiger partial charge in [0.15, 0.2) is 8.07 Å². The molecule has 0 unspecified atom stereocenters. The third-order valence-electron chi connectivity index (χ3n) is 13.1. The predicted octanol–water partition coefficient (Wildman–Crippen LogP) is 12.6. The van der Waals surface area contributed by atoms with Crippen molar-refractivity contribution in [2.24, 2.45) is 0 Å². The van der Waals surface area contributed by atoms with Gasteiger partial charge in [-0.05, 0) is 86.0 Å². The average molecular weight is 819 g/mol. The lowest BCUT2D eigenvalue weighted by Crippen LogP contribution is -2.74. The molecule has 2 heterocycles. The maximum atomic E-state index is 2.53. The van der Waals surface area contributed by atoms with Crippen LogP contribution < -0.4 is 20.7 Å². The van der Waals surface area contributed by atoms with E-state index in [2.05, 4.69) is 264 Å². The van der Waals surface area contributed by atoms with Crippen LogP contribution in [0.1, 0.15) is 0 Å². The lowest BCUT2D eigenvalue weighted by Gasteiger charge is -2.35. The zero-order valence-corrected chi connectivity index (χ0v) is 35.6. The summed E-state index contributed by atoms with van der Waals surface area (Å²) < 4.78 is 5.00. The Hall–Kier alpha value is -7.98. The summed E-state index contributed by atoms with van der Waals surface area (Å²) in [4.78, 5) is 0. The van der Waals surface area contributed by atoms with E-state index < -0.39 is 8.07 Å². The van der Waals surface area contributed by atoms with Crippen LogP contribution in [-0.4, -0.2) is 17.2 Å². The summed E-state index contributed by atoms with van der Waals surface area (Å²) in [7, 11) is -2.98. The highest BCUT2D eigenvalue weighted by molar-refractivity contribution is 7.20. The Morgan fingerprint density at radius 2 is 0.794 bits per heavy atom. The van der Waals surface area contributed by atoms with Crippen LogP contribution in [0.3, 0.4) is 0 Å². The van der Waals surface area contributed by atoms with Crippen molar-refractivity contribution in [3.8, 4) is 33.6 Å². The van der Waals surface area contributed by atoms with Crippen LogP contribution in [0, 0.1) is 0 Å². The smallest absolute Gasteiger partial charge is 0.180 e. The second kappa shape index (κ2) is 15.2. The first-order chi connectivity index (χ1) is 31.3. The normalized spacial score (nSPS) is 11.8. The Labute approximate surface area is 368 Å². The van der Waals surface area contributed by atoms with Crippen LogP contribution in [0.25, 0.3) is 77.2 Å². The molecule has 0 saturated heterocycles. The van der Waals surface area contributed by atoms with E-state index in [0.717, 1.165) is 11.4 Å². The van der Waals surface area contributed by atoms with Crippen molar-refractivity contribution in [3.05, 3.63) is 255 Å². The second-order valence-corrected chi connectivity index (χ2v) is 20.2. The van der Waals surface area contributed by atoms with Crippen LogP contribution in [0.5, 0.6) is 0 Å². The zero-order chi connectivity index (χ0) is 41.7. The SMILES string of the molecule is c1ccc(-c2ccc3c(c2)c2ccccc2n3-c2ccc3c(c2)c2c([Si](c4ccccc4)(c4ccccc4)c4ccccc4)cccc2n3-c2ccccc2-c2ccccc2)cc1. The molecule has 0 spiro atoms. The summed E-state index contributed by atoms with van der Waals surface area (Å²) in [5.41, 5.74) is 11.9. The van der Waals surface area contributed by atoms with E-state index >= 15 is 0 Å². The first-order valence-electron chi connectivity index (χ1n) is 21.8. The van der Waals surface area contributed by atoms with Gasteiger partial charge >= 0.3 is 0 Å². The maximum absolute atomic E-state index is 2.98. The van der Waals surface area contributed by atoms with Gasteiger partial charge in [0, 0.05) is 32.8 Å². The van der Waals surface area contributed by atoms with E-state index in [9.17, 15) is 0 Å². The molecule has 12 rings (SSSR count).